The molecule has 0 aromatic heterocycles. The van der Waals surface area contributed by atoms with Crippen LogP contribution in [0.3, 0.4) is 0 Å². The van der Waals surface area contributed by atoms with E-state index >= 15 is 0 Å². The lowest BCUT2D eigenvalue weighted by molar-refractivity contribution is 0.0482. The van der Waals surface area contributed by atoms with Gasteiger partial charge in [0.15, 0.2) is 6.29 Å². The lowest BCUT2D eigenvalue weighted by Crippen LogP contribution is -2.52. The Morgan fingerprint density at radius 2 is 2.15 bits per heavy atom. The number of hydrogen-bond acceptors (Lipinski definition) is 9. The van der Waals surface area contributed by atoms with Gasteiger partial charge in [0.1, 0.15) is 17.0 Å². The van der Waals surface area contributed by atoms with Gasteiger partial charge in [-0.25, -0.2) is 10.4 Å². The maximum atomic E-state index is 6.32. The number of alkyl halides is 1. The van der Waals surface area contributed by atoms with Crippen LogP contribution in [-0.2, 0) is 9.47 Å². The second-order valence-corrected chi connectivity index (χ2v) is 7.69. The van der Waals surface area contributed by atoms with Crippen LogP contribution < -0.4 is 27.1 Å². The van der Waals surface area contributed by atoms with Crippen molar-refractivity contribution in [2.45, 2.75) is 43.3 Å². The number of nitrogens with two attached hydrogens (primary N) is 1. The fourth-order valence-electron chi connectivity index (χ4n) is 3.54. The monoisotopic (exact) mass is 427 g/mol. The zero-order chi connectivity index (χ0) is 18.1. The lowest BCUT2D eigenvalue weighted by Gasteiger charge is -2.33. The molecule has 0 radical (unpaired) electrons. The third kappa shape index (κ3) is 3.70. The third-order valence-electron chi connectivity index (χ3n) is 4.96. The summed E-state index contributed by atoms with van der Waals surface area (Å²) >= 11 is 3.61. The van der Waals surface area contributed by atoms with E-state index in [1.807, 2.05) is 18.1 Å². The Kier molecular flexibility index (Phi) is 5.37. The van der Waals surface area contributed by atoms with E-state index in [0.29, 0.717) is 19.2 Å². The third-order valence-corrected chi connectivity index (χ3v) is 5.65. The lowest BCUT2D eigenvalue weighted by atomic mass is 10.1. The maximum Gasteiger partial charge on any atom is 0.195 e. The fraction of sp³-hybridized carbons (Fsp3) is 0.688. The van der Waals surface area contributed by atoms with Crippen molar-refractivity contribution in [3.63, 3.8) is 0 Å². The van der Waals surface area contributed by atoms with E-state index in [1.165, 1.54) is 0 Å². The number of nitrogens with one attached hydrogen (secondary N) is 4. The van der Waals surface area contributed by atoms with Crippen LogP contribution >= 0.6 is 15.9 Å². The molecule has 3 atom stereocenters. The van der Waals surface area contributed by atoms with E-state index in [2.05, 4.69) is 42.3 Å². The van der Waals surface area contributed by atoms with Gasteiger partial charge in [-0.1, -0.05) is 15.9 Å². The normalized spacial score (nSPS) is 34.3. The minimum Gasteiger partial charge on any atom is -0.384 e. The predicted molar refractivity (Wildman–Crippen MR) is 102 cm³/mol. The van der Waals surface area contributed by atoms with Crippen molar-refractivity contribution in [3.8, 4) is 0 Å². The summed E-state index contributed by atoms with van der Waals surface area (Å²) in [6.45, 7) is 4.80. The largest absolute Gasteiger partial charge is 0.384 e. The number of allylic oxidation sites excluding steroid dienone is 1. The zero-order valence-corrected chi connectivity index (χ0v) is 16.4. The van der Waals surface area contributed by atoms with E-state index in [9.17, 15) is 0 Å². The number of halogens is 1. The van der Waals surface area contributed by atoms with Crippen LogP contribution in [0.2, 0.25) is 0 Å². The molecule has 4 aliphatic rings. The average molecular weight is 428 g/mol. The number of hydrazine groups is 1. The highest BCUT2D eigenvalue weighted by molar-refractivity contribution is 9.09. The summed E-state index contributed by atoms with van der Waals surface area (Å²) in [5.74, 6) is 1.01. The van der Waals surface area contributed by atoms with Gasteiger partial charge in [-0.05, 0) is 19.8 Å². The first-order valence-electron chi connectivity index (χ1n) is 9.02. The second kappa shape index (κ2) is 7.73. The van der Waals surface area contributed by atoms with Crippen molar-refractivity contribution in [2.24, 2.45) is 10.7 Å². The molecule has 0 aliphatic carbocycles. The Labute approximate surface area is 161 Å². The molecule has 4 aliphatic heterocycles. The number of nitrogens with zero attached hydrogens (tertiary/aromatic N) is 2. The van der Waals surface area contributed by atoms with Gasteiger partial charge in [0, 0.05) is 36.7 Å². The van der Waals surface area contributed by atoms with Gasteiger partial charge >= 0.3 is 0 Å². The summed E-state index contributed by atoms with van der Waals surface area (Å²) in [5.41, 5.74) is 12.6. The molecule has 2 bridgehead atoms. The summed E-state index contributed by atoms with van der Waals surface area (Å²) in [6, 6.07) is 0.390. The summed E-state index contributed by atoms with van der Waals surface area (Å²) < 4.78 is 11.3. The quantitative estimate of drug-likeness (QED) is 0.299. The Morgan fingerprint density at radius 1 is 1.35 bits per heavy atom. The molecule has 0 aromatic rings. The molecule has 2 saturated heterocycles. The molecule has 26 heavy (non-hydrogen) atoms. The number of fused-ring (bicyclic) bond motifs is 1. The molecule has 10 heteroatoms. The highest BCUT2D eigenvalue weighted by Gasteiger charge is 2.34. The topological polar surface area (TPSA) is 108 Å². The van der Waals surface area contributed by atoms with E-state index < -0.39 is 6.23 Å². The van der Waals surface area contributed by atoms with Crippen LogP contribution in [-0.4, -0.2) is 61.1 Å². The molecule has 144 valence electrons. The Hall–Kier alpha value is -1.33. The fourth-order valence-corrected chi connectivity index (χ4v) is 4.12. The first kappa shape index (κ1) is 18.1. The molecular formula is C16H26BrN7O2. The summed E-state index contributed by atoms with van der Waals surface area (Å²) in [6.07, 6.45) is 3.02. The maximum absolute atomic E-state index is 6.32. The highest BCUT2D eigenvalue weighted by Crippen LogP contribution is 2.25. The molecule has 3 unspecified atom stereocenters. The zero-order valence-electron chi connectivity index (χ0n) is 14.8. The molecule has 0 aromatic carbocycles. The van der Waals surface area contributed by atoms with E-state index in [4.69, 9.17) is 15.2 Å². The molecule has 9 nitrogen and oxygen atoms in total. The van der Waals surface area contributed by atoms with Gasteiger partial charge in [-0.3, -0.25) is 5.01 Å². The highest BCUT2D eigenvalue weighted by atomic mass is 79.9. The van der Waals surface area contributed by atoms with Crippen LogP contribution in [0.25, 0.3) is 0 Å². The molecule has 0 saturated carbocycles. The number of hydrogen-bond donors (Lipinski definition) is 5. The minimum atomic E-state index is -0.548. The van der Waals surface area contributed by atoms with Crippen LogP contribution in [0.15, 0.2) is 27.8 Å². The Morgan fingerprint density at radius 3 is 2.96 bits per heavy atom. The second-order valence-electron chi connectivity index (χ2n) is 6.78. The first-order chi connectivity index (χ1) is 12.6. The van der Waals surface area contributed by atoms with E-state index in [1.54, 1.807) is 0 Å². The first-order valence-corrected chi connectivity index (χ1v) is 9.94. The predicted octanol–water partition coefficient (Wildman–Crippen LogP) is -0.398. The van der Waals surface area contributed by atoms with Crippen molar-refractivity contribution in [2.75, 3.05) is 26.4 Å². The van der Waals surface area contributed by atoms with E-state index in [0.717, 1.165) is 48.8 Å². The molecule has 4 rings (SSSR count). The van der Waals surface area contributed by atoms with Gasteiger partial charge in [-0.15, -0.1) is 0 Å². The Balaban J connectivity index is 1.53. The minimum absolute atomic E-state index is 0.0380. The van der Waals surface area contributed by atoms with Gasteiger partial charge in [0.05, 0.1) is 18.8 Å². The van der Waals surface area contributed by atoms with Gasteiger partial charge in [0.25, 0.3) is 0 Å². The molecule has 4 heterocycles. The van der Waals surface area contributed by atoms with Gasteiger partial charge in [-0.2, -0.15) is 0 Å². The van der Waals surface area contributed by atoms with Crippen LogP contribution in [0.5, 0.6) is 0 Å². The average Bonchev–Trinajstić information content (AvgIpc) is 2.96. The molecule has 6 N–H and O–H groups in total. The van der Waals surface area contributed by atoms with Crippen LogP contribution in [0.4, 0.5) is 0 Å². The summed E-state index contributed by atoms with van der Waals surface area (Å²) in [5, 5.41) is 12.4. The van der Waals surface area contributed by atoms with Crippen LogP contribution in [0, 0.1) is 0 Å². The van der Waals surface area contributed by atoms with E-state index in [-0.39, 0.29) is 11.2 Å². The summed E-state index contributed by atoms with van der Waals surface area (Å²) in [7, 11) is 0. The molecular weight excluding hydrogens is 402 g/mol. The molecule has 2 fully saturated rings. The van der Waals surface area contributed by atoms with Crippen molar-refractivity contribution in [3.05, 3.63) is 22.8 Å². The number of aliphatic imine (C=N–C) groups is 1. The Bertz CT molecular complexity index is 632. The smallest absolute Gasteiger partial charge is 0.195 e. The standard InChI is InChI=1S/C16H26BrN7O2/c1-9(20-10-2-5-25-6-3-10)12-14(18)26-7-4-24-15-11(13(17)23-24)8-19-16(21-12)22-15/h8,10,13-14,16,20-23H,2-7,18H2,1H3/b12-9+. The van der Waals surface area contributed by atoms with Crippen LogP contribution in [0.1, 0.15) is 19.8 Å². The van der Waals surface area contributed by atoms with Crippen molar-refractivity contribution in [1.29, 1.82) is 0 Å². The van der Waals surface area contributed by atoms with Crippen molar-refractivity contribution in [1.82, 2.24) is 26.4 Å². The van der Waals surface area contributed by atoms with Gasteiger partial charge in [0.2, 0.25) is 0 Å². The SMILES string of the molecule is C/C(NC1CCOCC1)=C1\NC2N=CC3=C(N2)N(CCOC1N)NC3Br. The number of ether oxygens (including phenoxy) is 2. The van der Waals surface area contributed by atoms with Crippen molar-refractivity contribution < 1.29 is 9.47 Å². The van der Waals surface area contributed by atoms with Crippen molar-refractivity contribution >= 4 is 22.1 Å². The molecule has 0 spiro atoms. The number of rotatable bonds is 2. The van der Waals surface area contributed by atoms with Gasteiger partial charge < -0.3 is 31.2 Å². The summed E-state index contributed by atoms with van der Waals surface area (Å²) in [4.78, 5) is 4.61. The molecule has 0 amide bonds.